The number of ether oxygens (including phenoxy) is 3. The average molecular weight is 361 g/mol. The second kappa shape index (κ2) is 9.25. The van der Waals surface area contributed by atoms with Crippen LogP contribution in [0, 0.1) is 0 Å². The van der Waals surface area contributed by atoms with Gasteiger partial charge < -0.3 is 19.9 Å². The molecule has 0 saturated carbocycles. The van der Waals surface area contributed by atoms with Gasteiger partial charge in [0.25, 0.3) is 0 Å². The molecule has 0 saturated heterocycles. The van der Waals surface area contributed by atoms with Crippen LogP contribution in [0.5, 0.6) is 11.5 Å². The summed E-state index contributed by atoms with van der Waals surface area (Å²) >= 11 is 3.60. The minimum Gasteiger partial charge on any atom is -0.493 e. The summed E-state index contributed by atoms with van der Waals surface area (Å²) in [5.74, 6) is 1.41. The number of hydrogen-bond acceptors (Lipinski definition) is 5. The first-order chi connectivity index (χ1) is 10.1. The van der Waals surface area contributed by atoms with Gasteiger partial charge in [-0.15, -0.1) is 0 Å². The van der Waals surface area contributed by atoms with Crippen LogP contribution in [0.25, 0.3) is 0 Å². The number of likely N-dealkylation sites (N-methyl/N-ethyl adjacent to an activating group) is 1. The minimum absolute atomic E-state index is 0.107. The fourth-order valence-corrected chi connectivity index (χ4v) is 2.87. The lowest BCUT2D eigenvalue weighted by atomic mass is 10.0. The van der Waals surface area contributed by atoms with E-state index in [0.29, 0.717) is 18.0 Å². The van der Waals surface area contributed by atoms with Crippen molar-refractivity contribution in [2.45, 2.75) is 12.5 Å². The van der Waals surface area contributed by atoms with Crippen LogP contribution in [0.15, 0.2) is 16.6 Å². The normalized spacial score (nSPS) is 12.5. The van der Waals surface area contributed by atoms with Crippen LogP contribution >= 0.6 is 15.9 Å². The summed E-state index contributed by atoms with van der Waals surface area (Å²) < 4.78 is 16.8. The molecule has 5 nitrogen and oxygen atoms in total. The Balaban J connectivity index is 2.99. The minimum atomic E-state index is 0.107. The van der Waals surface area contributed by atoms with Crippen LogP contribution in [0.1, 0.15) is 18.0 Å². The highest BCUT2D eigenvalue weighted by Gasteiger charge is 2.20. The van der Waals surface area contributed by atoms with E-state index >= 15 is 0 Å². The van der Waals surface area contributed by atoms with E-state index in [-0.39, 0.29) is 6.04 Å². The van der Waals surface area contributed by atoms with E-state index in [1.807, 2.05) is 12.1 Å². The summed E-state index contributed by atoms with van der Waals surface area (Å²) in [6.07, 6.45) is 0.967. The van der Waals surface area contributed by atoms with E-state index in [0.717, 1.165) is 29.6 Å². The lowest BCUT2D eigenvalue weighted by molar-refractivity contribution is 0.166. The Kier molecular flexibility index (Phi) is 8.03. The third kappa shape index (κ3) is 4.85. The zero-order valence-electron chi connectivity index (χ0n) is 13.2. The summed E-state index contributed by atoms with van der Waals surface area (Å²) in [6, 6.07) is 4.00. The van der Waals surface area contributed by atoms with Crippen molar-refractivity contribution in [2.24, 2.45) is 5.73 Å². The van der Waals surface area contributed by atoms with Gasteiger partial charge in [0.1, 0.15) is 0 Å². The Morgan fingerprint density at radius 2 is 1.81 bits per heavy atom. The molecule has 6 heteroatoms. The molecule has 0 heterocycles. The molecule has 0 amide bonds. The fraction of sp³-hybridized carbons (Fsp3) is 0.600. The molecular formula is C15H25BrN2O3. The van der Waals surface area contributed by atoms with Gasteiger partial charge in [-0.3, -0.25) is 4.90 Å². The van der Waals surface area contributed by atoms with E-state index < -0.39 is 0 Å². The van der Waals surface area contributed by atoms with Crippen LogP contribution in [-0.4, -0.2) is 53.0 Å². The molecule has 1 rings (SSSR count). The van der Waals surface area contributed by atoms with Gasteiger partial charge in [0, 0.05) is 37.3 Å². The van der Waals surface area contributed by atoms with Crippen LogP contribution < -0.4 is 15.2 Å². The highest BCUT2D eigenvalue weighted by Crippen LogP contribution is 2.37. The number of halogens is 1. The van der Waals surface area contributed by atoms with Crippen molar-refractivity contribution in [3.8, 4) is 11.5 Å². The maximum atomic E-state index is 5.98. The van der Waals surface area contributed by atoms with Crippen molar-refractivity contribution in [3.63, 3.8) is 0 Å². The van der Waals surface area contributed by atoms with Crippen LogP contribution in [0.2, 0.25) is 0 Å². The van der Waals surface area contributed by atoms with Gasteiger partial charge in [-0.1, -0.05) is 15.9 Å². The first kappa shape index (κ1) is 18.2. The maximum Gasteiger partial charge on any atom is 0.161 e. The lowest BCUT2D eigenvalue weighted by Crippen LogP contribution is -2.32. The van der Waals surface area contributed by atoms with E-state index in [1.165, 1.54) is 0 Å². The van der Waals surface area contributed by atoms with Gasteiger partial charge in [-0.25, -0.2) is 0 Å². The SMILES string of the molecule is COCCCN(C)C(CN)c1cc(OC)c(OC)cc1Br. The first-order valence-electron chi connectivity index (χ1n) is 6.89. The Hall–Kier alpha value is -0.820. The van der Waals surface area contributed by atoms with Crippen molar-refractivity contribution in [1.82, 2.24) is 4.90 Å². The predicted octanol–water partition coefficient (Wildman–Crippen LogP) is 2.43. The largest absolute Gasteiger partial charge is 0.493 e. The molecule has 1 unspecified atom stereocenters. The Morgan fingerprint density at radius 1 is 1.19 bits per heavy atom. The van der Waals surface area contributed by atoms with E-state index in [1.54, 1.807) is 21.3 Å². The summed E-state index contributed by atoms with van der Waals surface area (Å²) in [4.78, 5) is 2.23. The molecule has 21 heavy (non-hydrogen) atoms. The molecular weight excluding hydrogens is 336 g/mol. The third-order valence-corrected chi connectivity index (χ3v) is 4.16. The average Bonchev–Trinajstić information content (AvgIpc) is 2.49. The smallest absolute Gasteiger partial charge is 0.161 e. The molecule has 0 spiro atoms. The predicted molar refractivity (Wildman–Crippen MR) is 88.2 cm³/mol. The molecule has 0 fully saturated rings. The number of hydrogen-bond donors (Lipinski definition) is 1. The van der Waals surface area contributed by atoms with Crippen LogP contribution in [0.3, 0.4) is 0 Å². The number of rotatable bonds is 9. The van der Waals surface area contributed by atoms with E-state index in [4.69, 9.17) is 19.9 Å². The molecule has 0 aliphatic heterocycles. The molecule has 0 aliphatic rings. The van der Waals surface area contributed by atoms with Crippen LogP contribution in [0.4, 0.5) is 0 Å². The molecule has 0 aliphatic carbocycles. The molecule has 0 radical (unpaired) electrons. The molecule has 0 bridgehead atoms. The first-order valence-corrected chi connectivity index (χ1v) is 7.69. The third-order valence-electron chi connectivity index (χ3n) is 3.48. The van der Waals surface area contributed by atoms with Crippen molar-refractivity contribution < 1.29 is 14.2 Å². The topological polar surface area (TPSA) is 57.0 Å². The Bertz CT molecular complexity index is 443. The van der Waals surface area contributed by atoms with Gasteiger partial charge in [0.2, 0.25) is 0 Å². The molecule has 1 aromatic rings. The zero-order chi connectivity index (χ0) is 15.8. The monoisotopic (exact) mass is 360 g/mol. The number of nitrogens with two attached hydrogens (primary N) is 1. The molecule has 1 aromatic carbocycles. The second-order valence-corrected chi connectivity index (χ2v) is 5.66. The Morgan fingerprint density at radius 3 is 2.33 bits per heavy atom. The molecule has 0 aromatic heterocycles. The van der Waals surface area contributed by atoms with E-state index in [2.05, 4.69) is 27.9 Å². The fourth-order valence-electron chi connectivity index (χ4n) is 2.28. The zero-order valence-corrected chi connectivity index (χ0v) is 14.8. The van der Waals surface area contributed by atoms with Gasteiger partial charge >= 0.3 is 0 Å². The van der Waals surface area contributed by atoms with Gasteiger partial charge in [0.05, 0.1) is 14.2 Å². The van der Waals surface area contributed by atoms with Crippen LogP contribution in [-0.2, 0) is 4.74 Å². The molecule has 2 N–H and O–H groups in total. The summed E-state index contributed by atoms with van der Waals surface area (Å²) in [7, 11) is 7.04. The quantitative estimate of drug-likeness (QED) is 0.685. The maximum absolute atomic E-state index is 5.98. The number of nitrogens with zero attached hydrogens (tertiary/aromatic N) is 1. The van der Waals surface area contributed by atoms with Crippen molar-refractivity contribution in [1.29, 1.82) is 0 Å². The van der Waals surface area contributed by atoms with E-state index in [9.17, 15) is 0 Å². The second-order valence-electron chi connectivity index (χ2n) is 4.81. The standard InChI is InChI=1S/C15H25BrN2O3/c1-18(6-5-7-19-2)13(10-17)11-8-14(20-3)15(21-4)9-12(11)16/h8-9,13H,5-7,10,17H2,1-4H3. The van der Waals surface area contributed by atoms with Crippen molar-refractivity contribution in [2.75, 3.05) is 48.1 Å². The van der Waals surface area contributed by atoms with Gasteiger partial charge in [-0.2, -0.15) is 0 Å². The number of methoxy groups -OCH3 is 3. The summed E-state index contributed by atoms with van der Waals surface area (Å²) in [6.45, 7) is 2.18. The number of benzene rings is 1. The Labute approximate surface area is 135 Å². The summed E-state index contributed by atoms with van der Waals surface area (Å²) in [5, 5.41) is 0. The van der Waals surface area contributed by atoms with Crippen molar-refractivity contribution >= 4 is 15.9 Å². The molecule has 1 atom stereocenters. The van der Waals surface area contributed by atoms with Gasteiger partial charge in [0.15, 0.2) is 11.5 Å². The van der Waals surface area contributed by atoms with Gasteiger partial charge in [-0.05, 0) is 31.2 Å². The highest BCUT2D eigenvalue weighted by molar-refractivity contribution is 9.10. The molecule has 120 valence electrons. The summed E-state index contributed by atoms with van der Waals surface area (Å²) in [5.41, 5.74) is 7.07. The lowest BCUT2D eigenvalue weighted by Gasteiger charge is -2.28. The highest BCUT2D eigenvalue weighted by atomic mass is 79.9. The van der Waals surface area contributed by atoms with Crippen molar-refractivity contribution in [3.05, 3.63) is 22.2 Å².